The standard InChI is InChI=1S/C8H12.2C2H6/c1-5-8(4)6-7(2)3;2*1-2/h5-6H,1-2H2,3-4H3;2*1-2H3/b8-6-;;. The summed E-state index contributed by atoms with van der Waals surface area (Å²) >= 11 is 0. The molecule has 0 unspecified atom stereocenters. The summed E-state index contributed by atoms with van der Waals surface area (Å²) in [7, 11) is 0. The molecule has 0 heteroatoms. The number of allylic oxidation sites excluding steroid dienone is 4. The maximum absolute atomic E-state index is 3.72. The summed E-state index contributed by atoms with van der Waals surface area (Å²) in [5.41, 5.74) is 2.24. The molecule has 0 fully saturated rings. The van der Waals surface area contributed by atoms with E-state index >= 15 is 0 Å². The van der Waals surface area contributed by atoms with Crippen LogP contribution in [0.4, 0.5) is 0 Å². The summed E-state index contributed by atoms with van der Waals surface area (Å²) in [4.78, 5) is 0. The number of hydrogen-bond acceptors (Lipinski definition) is 0. The van der Waals surface area contributed by atoms with Crippen molar-refractivity contribution < 1.29 is 0 Å². The van der Waals surface area contributed by atoms with Crippen LogP contribution in [0, 0.1) is 0 Å². The van der Waals surface area contributed by atoms with Crippen molar-refractivity contribution in [3.8, 4) is 0 Å². The van der Waals surface area contributed by atoms with Gasteiger partial charge in [0.25, 0.3) is 0 Å². The van der Waals surface area contributed by atoms with Gasteiger partial charge in [0.2, 0.25) is 0 Å². The Bertz CT molecular complexity index is 127. The minimum absolute atomic E-state index is 1.07. The second-order valence-corrected chi connectivity index (χ2v) is 1.94. The van der Waals surface area contributed by atoms with E-state index in [0.717, 1.165) is 11.1 Å². The summed E-state index contributed by atoms with van der Waals surface area (Å²) < 4.78 is 0. The van der Waals surface area contributed by atoms with Crippen LogP contribution in [0.5, 0.6) is 0 Å². The lowest BCUT2D eigenvalue weighted by atomic mass is 10.2. The fourth-order valence-electron chi connectivity index (χ4n) is 0.448. The SMILES string of the molecule is C=C/C(C)=C\C(=C)C.CC.CC. The van der Waals surface area contributed by atoms with Crippen LogP contribution in [0.3, 0.4) is 0 Å². The third-order valence-corrected chi connectivity index (χ3v) is 0.796. The topological polar surface area (TPSA) is 0 Å². The van der Waals surface area contributed by atoms with Crippen LogP contribution in [-0.4, -0.2) is 0 Å². The van der Waals surface area contributed by atoms with Crippen molar-refractivity contribution >= 4 is 0 Å². The number of hydrogen-bond donors (Lipinski definition) is 0. The molecule has 0 spiro atoms. The average Bonchev–Trinajstić information content (AvgIpc) is 2.10. The van der Waals surface area contributed by atoms with Gasteiger partial charge in [0.05, 0.1) is 0 Å². The van der Waals surface area contributed by atoms with Gasteiger partial charge in [-0.05, 0) is 13.8 Å². The smallest absolute Gasteiger partial charge is 0.0398 e. The van der Waals surface area contributed by atoms with E-state index in [9.17, 15) is 0 Å². The first kappa shape index (κ1) is 17.3. The molecule has 72 valence electrons. The quantitative estimate of drug-likeness (QED) is 0.522. The van der Waals surface area contributed by atoms with Crippen molar-refractivity contribution in [2.24, 2.45) is 0 Å². The molecule has 0 saturated heterocycles. The first-order valence-electron chi connectivity index (χ1n) is 4.63. The zero-order valence-corrected chi connectivity index (χ0v) is 9.57. The summed E-state index contributed by atoms with van der Waals surface area (Å²) in [6.45, 7) is 19.3. The number of rotatable bonds is 2. The lowest BCUT2D eigenvalue weighted by Gasteiger charge is -1.87. The first-order valence-corrected chi connectivity index (χ1v) is 4.63. The zero-order valence-electron chi connectivity index (χ0n) is 9.57. The monoisotopic (exact) mass is 168 g/mol. The molecule has 0 aromatic carbocycles. The van der Waals surface area contributed by atoms with Crippen molar-refractivity contribution in [1.29, 1.82) is 0 Å². The molecule has 0 heterocycles. The summed E-state index contributed by atoms with van der Waals surface area (Å²) in [6.07, 6.45) is 3.81. The van der Waals surface area contributed by atoms with E-state index in [2.05, 4.69) is 13.2 Å². The highest BCUT2D eigenvalue weighted by Crippen LogP contribution is 1.97. The molecular formula is C12H24. The summed E-state index contributed by atoms with van der Waals surface area (Å²) in [6, 6.07) is 0. The fraction of sp³-hybridized carbons (Fsp3) is 0.500. The third kappa shape index (κ3) is 22.9. The van der Waals surface area contributed by atoms with Gasteiger partial charge < -0.3 is 0 Å². The third-order valence-electron chi connectivity index (χ3n) is 0.796. The molecule has 0 N–H and O–H groups in total. The van der Waals surface area contributed by atoms with Gasteiger partial charge in [-0.2, -0.15) is 0 Å². The normalized spacial score (nSPS) is 8.33. The Labute approximate surface area is 78.7 Å². The first-order chi connectivity index (χ1) is 5.66. The maximum atomic E-state index is 3.72. The second-order valence-electron chi connectivity index (χ2n) is 1.94. The van der Waals surface area contributed by atoms with Gasteiger partial charge in [-0.3, -0.25) is 0 Å². The lowest BCUT2D eigenvalue weighted by Crippen LogP contribution is -1.66. The highest BCUT2D eigenvalue weighted by atomic mass is 13.8. The summed E-state index contributed by atoms with van der Waals surface area (Å²) in [5.74, 6) is 0. The van der Waals surface area contributed by atoms with Gasteiger partial charge in [-0.25, -0.2) is 0 Å². The highest BCUT2D eigenvalue weighted by molar-refractivity contribution is 5.23. The van der Waals surface area contributed by atoms with Gasteiger partial charge >= 0.3 is 0 Å². The van der Waals surface area contributed by atoms with Crippen LogP contribution in [0.15, 0.2) is 36.5 Å². The summed E-state index contributed by atoms with van der Waals surface area (Å²) in [5, 5.41) is 0. The van der Waals surface area contributed by atoms with Crippen LogP contribution < -0.4 is 0 Å². The Morgan fingerprint density at radius 3 is 1.42 bits per heavy atom. The van der Waals surface area contributed by atoms with Gasteiger partial charge in [0.15, 0.2) is 0 Å². The minimum atomic E-state index is 1.07. The molecular weight excluding hydrogens is 144 g/mol. The van der Waals surface area contributed by atoms with Crippen molar-refractivity contribution in [2.75, 3.05) is 0 Å². The Kier molecular flexibility index (Phi) is 24.1. The van der Waals surface area contributed by atoms with Gasteiger partial charge in [0, 0.05) is 0 Å². The van der Waals surface area contributed by atoms with Gasteiger partial charge in [0.1, 0.15) is 0 Å². The van der Waals surface area contributed by atoms with Crippen LogP contribution in [0.2, 0.25) is 0 Å². The van der Waals surface area contributed by atoms with Crippen molar-refractivity contribution in [3.63, 3.8) is 0 Å². The Hall–Kier alpha value is -0.780. The molecule has 0 aliphatic rings. The van der Waals surface area contributed by atoms with E-state index < -0.39 is 0 Å². The van der Waals surface area contributed by atoms with E-state index in [-0.39, 0.29) is 0 Å². The van der Waals surface area contributed by atoms with Gasteiger partial charge in [-0.15, -0.1) is 0 Å². The van der Waals surface area contributed by atoms with E-state index in [1.165, 1.54) is 0 Å². The fourth-order valence-corrected chi connectivity index (χ4v) is 0.448. The van der Waals surface area contributed by atoms with Gasteiger partial charge in [-0.1, -0.05) is 64.2 Å². The van der Waals surface area contributed by atoms with Crippen molar-refractivity contribution in [2.45, 2.75) is 41.5 Å². The molecule has 0 aromatic rings. The average molecular weight is 168 g/mol. The van der Waals surface area contributed by atoms with E-state index in [1.54, 1.807) is 0 Å². The van der Waals surface area contributed by atoms with E-state index in [0.29, 0.717) is 0 Å². The van der Waals surface area contributed by atoms with Crippen LogP contribution in [0.1, 0.15) is 41.5 Å². The maximum Gasteiger partial charge on any atom is -0.0398 e. The minimum Gasteiger partial charge on any atom is -0.0988 e. The van der Waals surface area contributed by atoms with E-state index in [1.807, 2.05) is 53.7 Å². The molecule has 0 aromatic heterocycles. The predicted molar refractivity (Wildman–Crippen MR) is 61.5 cm³/mol. The Morgan fingerprint density at radius 2 is 1.33 bits per heavy atom. The molecule has 0 radical (unpaired) electrons. The molecule has 12 heavy (non-hydrogen) atoms. The molecule has 0 amide bonds. The predicted octanol–water partition coefficient (Wildman–Crippen LogP) is 4.75. The lowest BCUT2D eigenvalue weighted by molar-refractivity contribution is 1.46. The highest BCUT2D eigenvalue weighted by Gasteiger charge is 1.76. The molecule has 0 nitrogen and oxygen atoms in total. The molecule has 0 aliphatic heterocycles. The molecule has 0 aliphatic carbocycles. The molecule has 0 atom stereocenters. The van der Waals surface area contributed by atoms with Crippen molar-refractivity contribution in [1.82, 2.24) is 0 Å². The molecule has 0 saturated carbocycles. The Morgan fingerprint density at radius 1 is 1.00 bits per heavy atom. The van der Waals surface area contributed by atoms with E-state index in [4.69, 9.17) is 0 Å². The Balaban J connectivity index is -0.000000175. The van der Waals surface area contributed by atoms with Crippen LogP contribution in [0.25, 0.3) is 0 Å². The van der Waals surface area contributed by atoms with Crippen LogP contribution >= 0.6 is 0 Å². The molecule has 0 rings (SSSR count). The largest absolute Gasteiger partial charge is 0.0988 e. The van der Waals surface area contributed by atoms with Crippen LogP contribution in [-0.2, 0) is 0 Å². The second kappa shape index (κ2) is 16.7. The zero-order chi connectivity index (χ0) is 10.6. The van der Waals surface area contributed by atoms with Crippen molar-refractivity contribution in [3.05, 3.63) is 36.5 Å². The molecule has 0 bridgehead atoms.